The summed E-state index contributed by atoms with van der Waals surface area (Å²) in [7, 11) is -2.09. The molecule has 1 saturated heterocycles. The third kappa shape index (κ3) is 4.23. The van der Waals surface area contributed by atoms with E-state index in [1.165, 1.54) is 49.8 Å². The Labute approximate surface area is 154 Å². The van der Waals surface area contributed by atoms with Gasteiger partial charge in [-0.2, -0.15) is 0 Å². The highest BCUT2D eigenvalue weighted by Crippen LogP contribution is 2.20. The van der Waals surface area contributed by atoms with Crippen molar-refractivity contribution in [3.05, 3.63) is 59.7 Å². The lowest BCUT2D eigenvalue weighted by Gasteiger charge is -2.17. The summed E-state index contributed by atoms with van der Waals surface area (Å²) >= 11 is 0. The van der Waals surface area contributed by atoms with E-state index in [0.29, 0.717) is 5.56 Å². The molecule has 0 aromatic heterocycles. The molecule has 0 spiro atoms. The largest absolute Gasteiger partial charge is 0.372 e. The zero-order valence-electron chi connectivity index (χ0n) is 14.7. The SMILES string of the molecule is CNC(=O)c1ccc(S(=O)(=O)NCc2ccc(N3CCCC3)cc2)cc1. The quantitative estimate of drug-likeness (QED) is 0.813. The maximum Gasteiger partial charge on any atom is 0.251 e. The third-order valence-corrected chi connectivity index (χ3v) is 5.94. The minimum atomic E-state index is -3.63. The van der Waals surface area contributed by atoms with E-state index in [-0.39, 0.29) is 17.3 Å². The predicted molar refractivity (Wildman–Crippen MR) is 102 cm³/mol. The monoisotopic (exact) mass is 373 g/mol. The summed E-state index contributed by atoms with van der Waals surface area (Å²) in [6.07, 6.45) is 2.44. The van der Waals surface area contributed by atoms with Gasteiger partial charge in [0.1, 0.15) is 0 Å². The van der Waals surface area contributed by atoms with E-state index in [9.17, 15) is 13.2 Å². The van der Waals surface area contributed by atoms with E-state index in [1.54, 1.807) is 0 Å². The topological polar surface area (TPSA) is 78.5 Å². The fourth-order valence-electron chi connectivity index (χ4n) is 2.99. The van der Waals surface area contributed by atoms with Gasteiger partial charge in [-0.1, -0.05) is 12.1 Å². The van der Waals surface area contributed by atoms with Crippen LogP contribution in [0.1, 0.15) is 28.8 Å². The fourth-order valence-corrected chi connectivity index (χ4v) is 4.01. The van der Waals surface area contributed by atoms with Gasteiger partial charge in [0.05, 0.1) is 4.90 Å². The standard InChI is InChI=1S/C19H23N3O3S/c1-20-19(23)16-6-10-18(11-7-16)26(24,25)21-14-15-4-8-17(9-5-15)22-12-2-3-13-22/h4-11,21H,2-3,12-14H2,1H3,(H,20,23). The van der Waals surface area contributed by atoms with Crippen LogP contribution in [0.2, 0.25) is 0 Å². The Bertz CT molecular complexity index is 856. The highest BCUT2D eigenvalue weighted by molar-refractivity contribution is 7.89. The van der Waals surface area contributed by atoms with Crippen LogP contribution in [0.4, 0.5) is 5.69 Å². The number of carbonyl (C=O) groups excluding carboxylic acids is 1. The second-order valence-electron chi connectivity index (χ2n) is 6.29. The molecule has 2 aromatic carbocycles. The molecule has 0 bridgehead atoms. The van der Waals surface area contributed by atoms with Crippen molar-refractivity contribution >= 4 is 21.6 Å². The second kappa shape index (κ2) is 7.88. The molecule has 6 nitrogen and oxygen atoms in total. The van der Waals surface area contributed by atoms with Crippen LogP contribution >= 0.6 is 0 Å². The summed E-state index contributed by atoms with van der Waals surface area (Å²) < 4.78 is 27.4. The average Bonchev–Trinajstić information content (AvgIpc) is 3.21. The van der Waals surface area contributed by atoms with Gasteiger partial charge in [0.2, 0.25) is 10.0 Å². The normalized spacial score (nSPS) is 14.4. The van der Waals surface area contributed by atoms with Gasteiger partial charge in [0.15, 0.2) is 0 Å². The summed E-state index contributed by atoms with van der Waals surface area (Å²) in [4.78, 5) is 14.0. The number of sulfonamides is 1. The molecule has 2 N–H and O–H groups in total. The van der Waals surface area contributed by atoms with Crippen molar-refractivity contribution in [2.45, 2.75) is 24.3 Å². The molecule has 0 atom stereocenters. The van der Waals surface area contributed by atoms with Crippen molar-refractivity contribution in [1.82, 2.24) is 10.0 Å². The fraction of sp³-hybridized carbons (Fsp3) is 0.316. The molecule has 138 valence electrons. The Balaban J connectivity index is 1.63. The first-order valence-corrected chi connectivity index (χ1v) is 10.1. The Hall–Kier alpha value is -2.38. The predicted octanol–water partition coefficient (Wildman–Crippen LogP) is 2.12. The number of carbonyl (C=O) groups is 1. The molecule has 1 heterocycles. The number of nitrogens with one attached hydrogen (secondary N) is 2. The summed E-state index contributed by atoms with van der Waals surface area (Å²) in [6, 6.07) is 13.8. The number of hydrogen-bond acceptors (Lipinski definition) is 4. The molecule has 7 heteroatoms. The molecule has 0 aliphatic carbocycles. The van der Waals surface area contributed by atoms with Gasteiger partial charge in [-0.25, -0.2) is 13.1 Å². The Morgan fingerprint density at radius 1 is 1.00 bits per heavy atom. The zero-order valence-corrected chi connectivity index (χ0v) is 15.6. The highest BCUT2D eigenvalue weighted by Gasteiger charge is 2.15. The van der Waals surface area contributed by atoms with Crippen molar-refractivity contribution < 1.29 is 13.2 Å². The molecule has 2 aromatic rings. The molecule has 1 amide bonds. The van der Waals surface area contributed by atoms with Crippen LogP contribution in [-0.4, -0.2) is 34.5 Å². The van der Waals surface area contributed by atoms with E-state index in [0.717, 1.165) is 18.7 Å². The Morgan fingerprint density at radius 3 is 2.19 bits per heavy atom. The van der Waals surface area contributed by atoms with Gasteiger partial charge >= 0.3 is 0 Å². The van der Waals surface area contributed by atoms with Crippen LogP contribution in [0.5, 0.6) is 0 Å². The van der Waals surface area contributed by atoms with Gasteiger partial charge in [-0.05, 0) is 54.8 Å². The van der Waals surface area contributed by atoms with Gasteiger partial charge in [0, 0.05) is 37.9 Å². The molecular formula is C19H23N3O3S. The number of benzene rings is 2. The second-order valence-corrected chi connectivity index (χ2v) is 8.06. The first-order chi connectivity index (χ1) is 12.5. The number of amides is 1. The van der Waals surface area contributed by atoms with Crippen LogP contribution in [-0.2, 0) is 16.6 Å². The van der Waals surface area contributed by atoms with E-state index >= 15 is 0 Å². The Kier molecular flexibility index (Phi) is 5.58. The van der Waals surface area contributed by atoms with Crippen molar-refractivity contribution in [3.63, 3.8) is 0 Å². The van der Waals surface area contributed by atoms with Crippen LogP contribution in [0, 0.1) is 0 Å². The van der Waals surface area contributed by atoms with Crippen molar-refractivity contribution in [2.24, 2.45) is 0 Å². The minimum absolute atomic E-state index is 0.138. The van der Waals surface area contributed by atoms with Crippen molar-refractivity contribution in [2.75, 3.05) is 25.0 Å². The van der Waals surface area contributed by atoms with Crippen LogP contribution in [0.3, 0.4) is 0 Å². The van der Waals surface area contributed by atoms with Gasteiger partial charge in [0.25, 0.3) is 5.91 Å². The maximum absolute atomic E-state index is 12.4. The van der Waals surface area contributed by atoms with Crippen LogP contribution in [0.15, 0.2) is 53.4 Å². The molecular weight excluding hydrogens is 350 g/mol. The van der Waals surface area contributed by atoms with Gasteiger partial charge in [-0.3, -0.25) is 4.79 Å². The van der Waals surface area contributed by atoms with Gasteiger partial charge < -0.3 is 10.2 Å². The third-order valence-electron chi connectivity index (χ3n) is 4.53. The molecule has 0 saturated carbocycles. The number of rotatable bonds is 6. The van der Waals surface area contributed by atoms with Crippen molar-refractivity contribution in [1.29, 1.82) is 0 Å². The van der Waals surface area contributed by atoms with E-state index < -0.39 is 10.0 Å². The highest BCUT2D eigenvalue weighted by atomic mass is 32.2. The minimum Gasteiger partial charge on any atom is -0.372 e. The first kappa shape index (κ1) is 18.4. The molecule has 0 radical (unpaired) electrons. The van der Waals surface area contributed by atoms with E-state index in [4.69, 9.17) is 0 Å². The zero-order chi connectivity index (χ0) is 18.6. The average molecular weight is 373 g/mol. The summed E-state index contributed by atoms with van der Waals surface area (Å²) in [5.41, 5.74) is 2.50. The summed E-state index contributed by atoms with van der Waals surface area (Å²) in [6.45, 7) is 2.38. The lowest BCUT2D eigenvalue weighted by molar-refractivity contribution is 0.0963. The number of nitrogens with zero attached hydrogens (tertiary/aromatic N) is 1. The first-order valence-electron chi connectivity index (χ1n) is 8.65. The van der Waals surface area contributed by atoms with E-state index in [2.05, 4.69) is 14.9 Å². The molecule has 1 aliphatic heterocycles. The van der Waals surface area contributed by atoms with Crippen molar-refractivity contribution in [3.8, 4) is 0 Å². The number of hydrogen-bond donors (Lipinski definition) is 2. The van der Waals surface area contributed by atoms with Gasteiger partial charge in [-0.15, -0.1) is 0 Å². The number of anilines is 1. The molecule has 3 rings (SSSR count). The van der Waals surface area contributed by atoms with E-state index in [1.807, 2.05) is 24.3 Å². The van der Waals surface area contributed by atoms with Crippen LogP contribution in [0.25, 0.3) is 0 Å². The summed E-state index contributed by atoms with van der Waals surface area (Å²) in [5.74, 6) is -0.250. The lowest BCUT2D eigenvalue weighted by atomic mass is 10.2. The maximum atomic E-state index is 12.4. The summed E-state index contributed by atoms with van der Waals surface area (Å²) in [5, 5.41) is 2.50. The van der Waals surface area contributed by atoms with Crippen LogP contribution < -0.4 is 14.9 Å². The molecule has 1 aliphatic rings. The Morgan fingerprint density at radius 2 is 1.62 bits per heavy atom. The molecule has 1 fully saturated rings. The lowest BCUT2D eigenvalue weighted by Crippen LogP contribution is -2.24. The molecule has 0 unspecified atom stereocenters. The molecule has 26 heavy (non-hydrogen) atoms. The smallest absolute Gasteiger partial charge is 0.251 e.